The summed E-state index contributed by atoms with van der Waals surface area (Å²) in [6.07, 6.45) is 1.27. The van der Waals surface area contributed by atoms with Crippen LogP contribution < -0.4 is 23.7 Å². The van der Waals surface area contributed by atoms with Crippen molar-refractivity contribution >= 4 is 50.7 Å². The monoisotopic (exact) mass is 1110 g/mol. The Hall–Kier alpha value is -6.18. The lowest BCUT2D eigenvalue weighted by Gasteiger charge is -2.35. The topological polar surface area (TPSA) is 143 Å². The number of likely N-dealkylation sites (N-methyl/N-ethyl adjacent to an activating group) is 1. The molecule has 4 aromatic carbocycles. The third kappa shape index (κ3) is 12.9. The second-order valence-corrected chi connectivity index (χ2v) is 22.3. The second-order valence-electron chi connectivity index (χ2n) is 20.5. The Labute approximate surface area is 462 Å². The molecule has 0 aliphatic carbocycles. The second kappa shape index (κ2) is 23.8. The minimum atomic E-state index is -1.27. The minimum absolute atomic E-state index is 0.0294. The predicted octanol–water partition coefficient (Wildman–Crippen LogP) is 10.6. The van der Waals surface area contributed by atoms with E-state index in [-0.39, 0.29) is 31.3 Å². The van der Waals surface area contributed by atoms with Gasteiger partial charge < -0.3 is 38.1 Å². The number of esters is 1. The SMILES string of the molecule is Cc1c(Cl)c2c(Cl)c(C)c1-c1c(-c3ccc(F)cc3)sc3ncnc(c13)O[C@@H](C(=O)OC(C)(C)C)Cc1cc(ccc1OCc1ccnc(-c3ccc(OCCN4CCOCC4)cc3)n1)OC[C@@H](CN1CCN(C)CC1)O2. The van der Waals surface area contributed by atoms with Gasteiger partial charge in [0.1, 0.15) is 65.7 Å². The summed E-state index contributed by atoms with van der Waals surface area (Å²) in [7, 11) is 2.12. The van der Waals surface area contributed by atoms with Crippen LogP contribution in [0.2, 0.25) is 10.0 Å². The molecule has 404 valence electrons. The van der Waals surface area contributed by atoms with Gasteiger partial charge in [-0.1, -0.05) is 35.3 Å². The molecular formula is C58H62Cl2FN7O8S. The molecule has 7 heterocycles. The number of hydrogen-bond acceptors (Lipinski definition) is 16. The Morgan fingerprint density at radius 2 is 1.56 bits per heavy atom. The van der Waals surface area contributed by atoms with Crippen molar-refractivity contribution < 1.29 is 42.3 Å². The molecule has 77 heavy (non-hydrogen) atoms. The molecule has 0 N–H and O–H groups in total. The summed E-state index contributed by atoms with van der Waals surface area (Å²) >= 11 is 16.2. The van der Waals surface area contributed by atoms with Crippen molar-refractivity contribution in [1.82, 2.24) is 34.6 Å². The summed E-state index contributed by atoms with van der Waals surface area (Å²) in [5.41, 5.74) is 4.57. The molecular weight excluding hydrogens is 1040 g/mol. The summed E-state index contributed by atoms with van der Waals surface area (Å²) in [6, 6.07) is 21.3. The molecule has 2 saturated heterocycles. The number of morpholine rings is 1. The Bertz CT molecular complexity index is 3190. The zero-order valence-electron chi connectivity index (χ0n) is 44.1. The van der Waals surface area contributed by atoms with E-state index in [4.69, 9.17) is 71.3 Å². The van der Waals surface area contributed by atoms with E-state index < -0.39 is 23.8 Å². The molecule has 4 aliphatic rings. The zero-order valence-corrected chi connectivity index (χ0v) is 46.4. The Morgan fingerprint density at radius 3 is 2.29 bits per heavy atom. The maximum Gasteiger partial charge on any atom is 0.348 e. The van der Waals surface area contributed by atoms with E-state index in [0.717, 1.165) is 75.2 Å². The van der Waals surface area contributed by atoms with Gasteiger partial charge in [0.15, 0.2) is 11.6 Å². The van der Waals surface area contributed by atoms with Crippen molar-refractivity contribution in [2.24, 2.45) is 0 Å². The molecule has 2 atom stereocenters. The summed E-state index contributed by atoms with van der Waals surface area (Å²) in [5, 5.41) is 1.14. The van der Waals surface area contributed by atoms with Crippen LogP contribution in [0.4, 0.5) is 4.39 Å². The molecule has 0 spiro atoms. The van der Waals surface area contributed by atoms with E-state index in [0.29, 0.717) is 95.6 Å². The fraction of sp³-hybridized carbons (Fsp3) is 0.397. The lowest BCUT2D eigenvalue weighted by atomic mass is 9.92. The molecule has 4 bridgehead atoms. The van der Waals surface area contributed by atoms with Gasteiger partial charge in [0.2, 0.25) is 12.0 Å². The molecule has 11 rings (SSSR count). The van der Waals surface area contributed by atoms with E-state index in [1.807, 2.05) is 56.3 Å². The molecule has 0 radical (unpaired) electrons. The smallest absolute Gasteiger partial charge is 0.348 e. The molecule has 0 saturated carbocycles. The fourth-order valence-corrected chi connectivity index (χ4v) is 11.3. The number of fused-ring (bicyclic) bond motifs is 7. The first-order valence-electron chi connectivity index (χ1n) is 25.9. The van der Waals surface area contributed by atoms with E-state index in [9.17, 15) is 9.18 Å². The highest BCUT2D eigenvalue weighted by Crippen LogP contribution is 2.53. The summed E-state index contributed by atoms with van der Waals surface area (Å²) in [6.45, 7) is 18.1. The molecule has 4 aliphatic heterocycles. The van der Waals surface area contributed by atoms with Gasteiger partial charge in [-0.05, 0) is 125 Å². The standard InChI is InChI=1S/C58H62Cl2FN7O8S/c1-35-47-36(2)51(60)52(50(35)59)74-44(31-68-21-19-66(6)20-22-68)33-72-43-15-16-45(73-32-41-17-18-62-54(65-41)38-9-13-42(14-10-38)71-28-25-67-23-26-70-27-24-67)39(29-43)30-46(57(69)76-58(3,4)5)75-55-49-48(47)53(77-56(49)64-34-63-55)37-7-11-40(61)12-8-37/h7-18,29,34,44,46H,19-28,30-33H2,1-6H3/t44-,46-/m1/s1. The number of carbonyl (C=O) groups is 1. The van der Waals surface area contributed by atoms with Gasteiger partial charge in [0.25, 0.3) is 0 Å². The maximum absolute atomic E-state index is 14.6. The van der Waals surface area contributed by atoms with Crippen molar-refractivity contribution in [1.29, 1.82) is 0 Å². The van der Waals surface area contributed by atoms with Gasteiger partial charge in [-0.25, -0.2) is 29.1 Å². The van der Waals surface area contributed by atoms with Crippen LogP contribution >= 0.6 is 34.5 Å². The van der Waals surface area contributed by atoms with Crippen LogP contribution in [0.25, 0.3) is 43.2 Å². The van der Waals surface area contributed by atoms with Crippen LogP contribution in [0.1, 0.15) is 43.2 Å². The van der Waals surface area contributed by atoms with Gasteiger partial charge in [-0.15, -0.1) is 11.3 Å². The van der Waals surface area contributed by atoms with Crippen molar-refractivity contribution in [2.75, 3.05) is 85.8 Å². The van der Waals surface area contributed by atoms with E-state index in [1.54, 1.807) is 45.2 Å². The highest BCUT2D eigenvalue weighted by atomic mass is 35.5. The summed E-state index contributed by atoms with van der Waals surface area (Å²) in [5.74, 6) is 1.68. The first-order valence-corrected chi connectivity index (χ1v) is 27.4. The maximum atomic E-state index is 14.6. The average molecular weight is 1110 g/mol. The van der Waals surface area contributed by atoms with E-state index in [2.05, 4.69) is 26.7 Å². The van der Waals surface area contributed by atoms with Gasteiger partial charge >= 0.3 is 5.97 Å². The number of piperazine rings is 1. The lowest BCUT2D eigenvalue weighted by molar-refractivity contribution is -0.163. The molecule has 0 amide bonds. The number of ether oxygens (including phenoxy) is 7. The van der Waals surface area contributed by atoms with Gasteiger partial charge in [-0.2, -0.15) is 0 Å². The Kier molecular flexibility index (Phi) is 16.8. The normalized spacial score (nSPS) is 17.8. The van der Waals surface area contributed by atoms with Crippen LogP contribution in [0.3, 0.4) is 0 Å². The van der Waals surface area contributed by atoms with Crippen LogP contribution in [-0.4, -0.2) is 144 Å². The van der Waals surface area contributed by atoms with Gasteiger partial charge in [-0.3, -0.25) is 9.80 Å². The number of nitrogens with zero attached hydrogens (tertiary/aromatic N) is 7. The first-order chi connectivity index (χ1) is 37.1. The van der Waals surface area contributed by atoms with Crippen molar-refractivity contribution in [3.8, 4) is 61.8 Å². The first kappa shape index (κ1) is 54.2. The average Bonchev–Trinajstić information content (AvgIpc) is 4.06. The molecule has 7 aromatic rings. The number of hydrogen-bond donors (Lipinski definition) is 0. The van der Waals surface area contributed by atoms with Crippen LogP contribution in [0, 0.1) is 19.7 Å². The summed E-state index contributed by atoms with van der Waals surface area (Å²) in [4.78, 5) is 41.8. The highest BCUT2D eigenvalue weighted by molar-refractivity contribution is 7.22. The zero-order chi connectivity index (χ0) is 53.8. The van der Waals surface area contributed by atoms with Crippen molar-refractivity contribution in [2.45, 2.75) is 65.5 Å². The van der Waals surface area contributed by atoms with E-state index in [1.165, 1.54) is 29.8 Å². The molecule has 15 nitrogen and oxygen atoms in total. The van der Waals surface area contributed by atoms with Crippen LogP contribution in [0.15, 0.2) is 85.3 Å². The number of benzene rings is 4. The largest absolute Gasteiger partial charge is 0.492 e. The number of thiophene rings is 1. The fourth-order valence-electron chi connectivity index (χ4n) is 9.66. The molecule has 19 heteroatoms. The third-order valence-electron chi connectivity index (χ3n) is 13.7. The highest BCUT2D eigenvalue weighted by Gasteiger charge is 2.34. The Balaban J connectivity index is 1.03. The van der Waals surface area contributed by atoms with Gasteiger partial charge in [0.05, 0.1) is 34.3 Å². The summed E-state index contributed by atoms with van der Waals surface area (Å²) < 4.78 is 59.2. The molecule has 2 fully saturated rings. The number of carbonyl (C=O) groups excluding carboxylic acids is 1. The van der Waals surface area contributed by atoms with Crippen LogP contribution in [-0.2, 0) is 27.3 Å². The quantitative estimate of drug-likeness (QED) is 0.107. The van der Waals surface area contributed by atoms with Gasteiger partial charge in [0, 0.05) is 86.5 Å². The van der Waals surface area contributed by atoms with Crippen molar-refractivity contribution in [3.63, 3.8) is 0 Å². The van der Waals surface area contributed by atoms with Crippen molar-refractivity contribution in [3.05, 3.63) is 124 Å². The molecule has 3 aromatic heterocycles. The van der Waals surface area contributed by atoms with E-state index >= 15 is 0 Å². The number of rotatable bonds is 12. The van der Waals surface area contributed by atoms with Crippen LogP contribution in [0.5, 0.6) is 28.9 Å². The third-order valence-corrected chi connectivity index (χ3v) is 15.8. The molecule has 0 unspecified atom stereocenters. The lowest BCUT2D eigenvalue weighted by Crippen LogP contribution is -2.49. The predicted molar refractivity (Wildman–Crippen MR) is 297 cm³/mol. The number of halogens is 3. The Morgan fingerprint density at radius 1 is 0.831 bits per heavy atom. The number of aromatic nitrogens is 4. The minimum Gasteiger partial charge on any atom is -0.492 e.